The molecule has 0 saturated heterocycles. The van der Waals surface area contributed by atoms with Gasteiger partial charge in [0.05, 0.1) is 15.6 Å². The van der Waals surface area contributed by atoms with Crippen LogP contribution in [0, 0.1) is 0 Å². The summed E-state index contributed by atoms with van der Waals surface area (Å²) in [6.45, 7) is 0. The summed E-state index contributed by atoms with van der Waals surface area (Å²) >= 11 is 23.7. The van der Waals surface area contributed by atoms with Crippen molar-refractivity contribution < 1.29 is 4.79 Å². The number of halogens is 3. The van der Waals surface area contributed by atoms with E-state index in [2.05, 4.69) is 5.32 Å². The Hall–Kier alpha value is -0.850. The monoisotopic (exact) mass is 364 g/mol. The third-order valence-electron chi connectivity index (χ3n) is 2.40. The molecule has 20 heavy (non-hydrogen) atoms. The van der Waals surface area contributed by atoms with Crippen LogP contribution in [-0.4, -0.2) is 10.9 Å². The number of nitrogens with two attached hydrogens (primary N) is 1. The van der Waals surface area contributed by atoms with Crippen molar-refractivity contribution >= 4 is 74.9 Å². The van der Waals surface area contributed by atoms with Crippen molar-refractivity contribution in [2.45, 2.75) is 0 Å². The van der Waals surface area contributed by atoms with Crippen LogP contribution in [0.15, 0.2) is 24.3 Å². The number of carbonyl (C=O) groups excluding carboxylic acids is 1. The Morgan fingerprint density at radius 2 is 1.90 bits per heavy atom. The minimum atomic E-state index is -0.405. The number of anilines is 1. The van der Waals surface area contributed by atoms with Gasteiger partial charge < -0.3 is 11.1 Å². The van der Waals surface area contributed by atoms with Crippen LogP contribution >= 0.6 is 58.4 Å². The second kappa shape index (κ2) is 6.28. The number of carbonyl (C=O) groups is 1. The lowest BCUT2D eigenvalue weighted by Crippen LogP contribution is -2.17. The molecule has 3 nitrogen and oxygen atoms in total. The first kappa shape index (κ1) is 15.5. The molecule has 2 aromatic rings. The zero-order valence-electron chi connectivity index (χ0n) is 9.75. The molecule has 0 radical (unpaired) electrons. The van der Waals surface area contributed by atoms with Crippen molar-refractivity contribution in [2.24, 2.45) is 5.73 Å². The normalized spacial score (nSPS) is 10.3. The van der Waals surface area contributed by atoms with Crippen LogP contribution in [0.3, 0.4) is 0 Å². The van der Waals surface area contributed by atoms with Gasteiger partial charge in [0.1, 0.15) is 9.32 Å². The van der Waals surface area contributed by atoms with Crippen LogP contribution in [0.25, 0.3) is 0 Å². The molecule has 0 saturated carbocycles. The molecule has 3 N–H and O–H groups in total. The average Bonchev–Trinajstić information content (AvgIpc) is 2.68. The summed E-state index contributed by atoms with van der Waals surface area (Å²) < 4.78 is 0.743. The molecular weight excluding hydrogens is 359 g/mol. The van der Waals surface area contributed by atoms with Crippen LogP contribution < -0.4 is 11.1 Å². The highest BCUT2D eigenvalue weighted by Crippen LogP contribution is 2.32. The number of amides is 1. The van der Waals surface area contributed by atoms with E-state index in [9.17, 15) is 4.79 Å². The first-order valence-electron chi connectivity index (χ1n) is 5.24. The van der Waals surface area contributed by atoms with Gasteiger partial charge in [-0.25, -0.2) is 0 Å². The van der Waals surface area contributed by atoms with Gasteiger partial charge in [-0.2, -0.15) is 0 Å². The first-order valence-corrected chi connectivity index (χ1v) is 7.60. The standard InChI is InChI=1S/C12H7Cl3N2OS2/c13-5-1-2-6(11(16)19)8(3-5)17-12(18)7-4-9(14)20-10(7)15/h1-4H,(H2,16,19)(H,17,18). The zero-order chi connectivity index (χ0) is 14.9. The second-order valence-corrected chi connectivity index (χ2v) is 6.91. The Morgan fingerprint density at radius 3 is 2.45 bits per heavy atom. The number of thiocarbonyl (C=S) groups is 1. The van der Waals surface area contributed by atoms with E-state index in [0.29, 0.717) is 24.9 Å². The van der Waals surface area contributed by atoms with Crippen LogP contribution in [0.5, 0.6) is 0 Å². The molecule has 1 aromatic heterocycles. The van der Waals surface area contributed by atoms with Crippen molar-refractivity contribution in [1.29, 1.82) is 0 Å². The topological polar surface area (TPSA) is 55.1 Å². The number of hydrogen-bond donors (Lipinski definition) is 2. The van der Waals surface area contributed by atoms with Crippen LogP contribution in [0.2, 0.25) is 13.7 Å². The maximum atomic E-state index is 12.2. The van der Waals surface area contributed by atoms with Gasteiger partial charge in [0.25, 0.3) is 5.91 Å². The van der Waals surface area contributed by atoms with Gasteiger partial charge >= 0.3 is 0 Å². The number of rotatable bonds is 3. The third-order valence-corrected chi connectivity index (χ3v) is 4.34. The van der Waals surface area contributed by atoms with Gasteiger partial charge in [0, 0.05) is 10.6 Å². The fourth-order valence-corrected chi connectivity index (χ4v) is 3.33. The lowest BCUT2D eigenvalue weighted by Gasteiger charge is -2.10. The van der Waals surface area contributed by atoms with E-state index < -0.39 is 5.91 Å². The molecular formula is C12H7Cl3N2OS2. The smallest absolute Gasteiger partial charge is 0.258 e. The molecule has 2 rings (SSSR count). The number of nitrogens with one attached hydrogen (secondary N) is 1. The van der Waals surface area contributed by atoms with Crippen molar-refractivity contribution in [3.8, 4) is 0 Å². The molecule has 1 aromatic carbocycles. The molecule has 1 amide bonds. The number of hydrogen-bond acceptors (Lipinski definition) is 3. The first-order chi connectivity index (χ1) is 9.38. The molecule has 1 heterocycles. The van der Waals surface area contributed by atoms with Crippen molar-refractivity contribution in [3.63, 3.8) is 0 Å². The lowest BCUT2D eigenvalue weighted by molar-refractivity contribution is 0.102. The molecule has 0 atom stereocenters. The SMILES string of the molecule is NC(=S)c1ccc(Cl)cc1NC(=O)c1cc(Cl)sc1Cl. The lowest BCUT2D eigenvalue weighted by atomic mass is 10.1. The molecule has 0 aliphatic rings. The molecule has 8 heteroatoms. The van der Waals surface area contributed by atoms with Gasteiger partial charge in [-0.3, -0.25) is 4.79 Å². The Labute approximate surface area is 139 Å². The molecule has 0 spiro atoms. The molecule has 0 bridgehead atoms. The van der Waals surface area contributed by atoms with E-state index in [1.165, 1.54) is 6.07 Å². The molecule has 104 valence electrons. The fourth-order valence-electron chi connectivity index (χ4n) is 1.52. The molecule has 0 unspecified atom stereocenters. The molecule has 0 fully saturated rings. The fraction of sp³-hybridized carbons (Fsp3) is 0. The predicted molar refractivity (Wildman–Crippen MR) is 89.6 cm³/mol. The van der Waals surface area contributed by atoms with Crippen LogP contribution in [0.1, 0.15) is 15.9 Å². The van der Waals surface area contributed by atoms with Gasteiger partial charge in [-0.15, -0.1) is 11.3 Å². The van der Waals surface area contributed by atoms with E-state index in [-0.39, 0.29) is 10.6 Å². The van der Waals surface area contributed by atoms with E-state index in [1.54, 1.807) is 18.2 Å². The summed E-state index contributed by atoms with van der Waals surface area (Å²) in [4.78, 5) is 12.3. The van der Waals surface area contributed by atoms with Gasteiger partial charge in [0.2, 0.25) is 0 Å². The van der Waals surface area contributed by atoms with Crippen molar-refractivity contribution in [1.82, 2.24) is 0 Å². The highest BCUT2D eigenvalue weighted by molar-refractivity contribution is 7.80. The Morgan fingerprint density at radius 1 is 1.20 bits per heavy atom. The van der Waals surface area contributed by atoms with Crippen molar-refractivity contribution in [3.05, 3.63) is 49.1 Å². The van der Waals surface area contributed by atoms with Gasteiger partial charge in [-0.05, 0) is 24.3 Å². The predicted octanol–water partition coefficient (Wildman–Crippen LogP) is 4.59. The number of benzene rings is 1. The second-order valence-electron chi connectivity index (χ2n) is 3.75. The molecule has 0 aliphatic heterocycles. The van der Waals surface area contributed by atoms with Crippen LogP contribution in [0.4, 0.5) is 5.69 Å². The highest BCUT2D eigenvalue weighted by atomic mass is 35.5. The van der Waals surface area contributed by atoms with Gasteiger partial charge in [0.15, 0.2) is 0 Å². The molecule has 0 aliphatic carbocycles. The summed E-state index contributed by atoms with van der Waals surface area (Å²) in [5.41, 5.74) is 6.84. The third kappa shape index (κ3) is 3.42. The largest absolute Gasteiger partial charge is 0.389 e. The van der Waals surface area contributed by atoms with E-state index >= 15 is 0 Å². The summed E-state index contributed by atoms with van der Waals surface area (Å²) in [7, 11) is 0. The maximum Gasteiger partial charge on any atom is 0.258 e. The Kier molecular flexibility index (Phi) is 4.88. The summed E-state index contributed by atoms with van der Waals surface area (Å²) in [5, 5.41) is 3.13. The highest BCUT2D eigenvalue weighted by Gasteiger charge is 2.16. The Bertz CT molecular complexity index is 700. The zero-order valence-corrected chi connectivity index (χ0v) is 13.6. The van der Waals surface area contributed by atoms with E-state index in [0.717, 1.165) is 11.3 Å². The van der Waals surface area contributed by atoms with Crippen molar-refractivity contribution in [2.75, 3.05) is 5.32 Å². The summed E-state index contributed by atoms with van der Waals surface area (Å²) in [6, 6.07) is 6.34. The van der Waals surface area contributed by atoms with E-state index in [1.807, 2.05) is 0 Å². The van der Waals surface area contributed by atoms with Gasteiger partial charge in [-0.1, -0.05) is 47.0 Å². The maximum absolute atomic E-state index is 12.2. The summed E-state index contributed by atoms with van der Waals surface area (Å²) in [6.07, 6.45) is 0. The minimum Gasteiger partial charge on any atom is -0.389 e. The Balaban J connectivity index is 2.34. The summed E-state index contributed by atoms with van der Waals surface area (Å²) in [5.74, 6) is -0.405. The quantitative estimate of drug-likeness (QED) is 0.782. The average molecular weight is 366 g/mol. The van der Waals surface area contributed by atoms with E-state index in [4.69, 9.17) is 52.8 Å². The number of thiophene rings is 1. The minimum absolute atomic E-state index is 0.159. The van der Waals surface area contributed by atoms with Crippen LogP contribution in [-0.2, 0) is 0 Å².